The van der Waals surface area contributed by atoms with Crippen molar-refractivity contribution in [3.63, 3.8) is 0 Å². The summed E-state index contributed by atoms with van der Waals surface area (Å²) in [5, 5.41) is 7.25. The summed E-state index contributed by atoms with van der Waals surface area (Å²) in [6.45, 7) is 2.05. The second-order valence-corrected chi connectivity index (χ2v) is 7.12. The van der Waals surface area contributed by atoms with Crippen molar-refractivity contribution < 1.29 is 9.18 Å². The summed E-state index contributed by atoms with van der Waals surface area (Å²) in [5.74, 6) is 0.245. The number of nitrogens with zero attached hydrogens (tertiary/aromatic N) is 3. The van der Waals surface area contributed by atoms with Crippen molar-refractivity contribution in [2.45, 2.75) is 24.5 Å². The van der Waals surface area contributed by atoms with Crippen LogP contribution in [0, 0.1) is 5.82 Å². The maximum atomic E-state index is 13.8. The third kappa shape index (κ3) is 3.10. The zero-order valence-corrected chi connectivity index (χ0v) is 15.0. The second kappa shape index (κ2) is 6.92. The summed E-state index contributed by atoms with van der Waals surface area (Å²) < 4.78 is 13.8. The van der Waals surface area contributed by atoms with E-state index in [-0.39, 0.29) is 23.5 Å². The van der Waals surface area contributed by atoms with Gasteiger partial charge in [0.1, 0.15) is 5.82 Å². The van der Waals surface area contributed by atoms with Crippen LogP contribution in [0.15, 0.2) is 53.7 Å². The van der Waals surface area contributed by atoms with Gasteiger partial charge in [-0.15, -0.1) is 5.10 Å². The maximum absolute atomic E-state index is 13.8. The molecule has 1 aromatic heterocycles. The van der Waals surface area contributed by atoms with Gasteiger partial charge in [-0.1, -0.05) is 42.1 Å². The fourth-order valence-electron chi connectivity index (χ4n) is 3.23. The van der Waals surface area contributed by atoms with E-state index in [1.165, 1.54) is 23.4 Å². The van der Waals surface area contributed by atoms with Crippen LogP contribution in [0.4, 0.5) is 10.1 Å². The molecule has 1 atom stereocenters. The number of halogens is 1. The molecule has 0 saturated carbocycles. The van der Waals surface area contributed by atoms with Crippen molar-refractivity contribution in [3.8, 4) is 11.4 Å². The number of fused-ring (bicyclic) bond motifs is 1. The lowest BCUT2D eigenvalue weighted by molar-refractivity contribution is -0.116. The number of anilines is 1. The Morgan fingerprint density at radius 2 is 2.04 bits per heavy atom. The lowest BCUT2D eigenvalue weighted by Crippen LogP contribution is -2.36. The molecule has 0 aliphatic carbocycles. The van der Waals surface area contributed by atoms with Crippen LogP contribution in [0.25, 0.3) is 11.4 Å². The van der Waals surface area contributed by atoms with Crippen LogP contribution < -0.4 is 4.90 Å². The zero-order valence-electron chi connectivity index (χ0n) is 14.1. The van der Waals surface area contributed by atoms with E-state index < -0.39 is 0 Å². The second-order valence-electron chi connectivity index (χ2n) is 6.18. The molecule has 5 nitrogen and oxygen atoms in total. The van der Waals surface area contributed by atoms with Crippen molar-refractivity contribution in [3.05, 3.63) is 59.9 Å². The topological polar surface area (TPSA) is 61.9 Å². The van der Waals surface area contributed by atoms with Gasteiger partial charge in [0, 0.05) is 11.7 Å². The van der Waals surface area contributed by atoms with Crippen LogP contribution in [0.3, 0.4) is 0 Å². The number of hydrogen-bond acceptors (Lipinski definition) is 4. The molecule has 0 radical (unpaired) electrons. The zero-order chi connectivity index (χ0) is 18.1. The Bertz CT molecular complexity index is 958. The number of carbonyl (C=O) groups is 1. The summed E-state index contributed by atoms with van der Waals surface area (Å²) in [7, 11) is 0. The van der Waals surface area contributed by atoms with E-state index in [1.807, 2.05) is 30.0 Å². The van der Waals surface area contributed by atoms with Gasteiger partial charge in [-0.05, 0) is 37.1 Å². The highest BCUT2D eigenvalue weighted by Gasteiger charge is 2.30. The highest BCUT2D eigenvalue weighted by atomic mass is 32.2. The smallest absolute Gasteiger partial charge is 0.237 e. The number of thioether (sulfide) groups is 1. The molecule has 2 heterocycles. The first-order valence-corrected chi connectivity index (χ1v) is 9.32. The Hall–Kier alpha value is -2.67. The van der Waals surface area contributed by atoms with Crippen LogP contribution >= 0.6 is 11.8 Å². The normalized spacial score (nSPS) is 15.9. The maximum Gasteiger partial charge on any atom is 0.237 e. The summed E-state index contributed by atoms with van der Waals surface area (Å²) in [6, 6.07) is 14.5. The molecular formula is C19H17FN4OS. The number of para-hydroxylation sites is 1. The van der Waals surface area contributed by atoms with Gasteiger partial charge in [-0.2, -0.15) is 0 Å². The monoisotopic (exact) mass is 368 g/mol. The third-order valence-corrected chi connectivity index (χ3v) is 5.23. The van der Waals surface area contributed by atoms with Crippen LogP contribution in [0.1, 0.15) is 12.5 Å². The van der Waals surface area contributed by atoms with E-state index in [0.29, 0.717) is 16.5 Å². The quantitative estimate of drug-likeness (QED) is 0.714. The summed E-state index contributed by atoms with van der Waals surface area (Å²) in [5.41, 5.74) is 2.53. The molecule has 1 N–H and O–H groups in total. The number of rotatable bonds is 4. The predicted octanol–water partition coefficient (Wildman–Crippen LogP) is 3.68. The van der Waals surface area contributed by atoms with E-state index in [0.717, 1.165) is 12.1 Å². The summed E-state index contributed by atoms with van der Waals surface area (Å²) in [6.07, 6.45) is 0.866. The highest BCUT2D eigenvalue weighted by Crippen LogP contribution is 2.32. The van der Waals surface area contributed by atoms with E-state index in [2.05, 4.69) is 21.2 Å². The fourth-order valence-corrected chi connectivity index (χ4v) is 3.88. The SMILES string of the molecule is C[C@H]1Cc2ccccc2N1C(=O)CSc1n[nH]c(-c2ccccc2F)n1. The molecule has 0 spiro atoms. The fraction of sp³-hybridized carbons (Fsp3) is 0.211. The van der Waals surface area contributed by atoms with Crippen molar-refractivity contribution in [2.75, 3.05) is 10.7 Å². The first-order valence-electron chi connectivity index (χ1n) is 8.33. The molecule has 26 heavy (non-hydrogen) atoms. The standard InChI is InChI=1S/C19H17FN4OS/c1-12-10-13-6-2-5-9-16(13)24(12)17(25)11-26-19-21-18(22-23-19)14-7-3-4-8-15(14)20/h2-9,12H,10-11H2,1H3,(H,21,22,23)/t12-/m0/s1. The largest absolute Gasteiger partial charge is 0.308 e. The minimum absolute atomic E-state index is 0.0182. The van der Waals surface area contributed by atoms with Crippen molar-refractivity contribution in [1.82, 2.24) is 15.2 Å². The van der Waals surface area contributed by atoms with Gasteiger partial charge in [0.2, 0.25) is 11.1 Å². The molecule has 7 heteroatoms. The van der Waals surface area contributed by atoms with Gasteiger partial charge >= 0.3 is 0 Å². The van der Waals surface area contributed by atoms with Crippen molar-refractivity contribution >= 4 is 23.4 Å². The average Bonchev–Trinajstić information content (AvgIpc) is 3.23. The van der Waals surface area contributed by atoms with Crippen molar-refractivity contribution in [1.29, 1.82) is 0 Å². The molecule has 1 amide bonds. The number of nitrogens with one attached hydrogen (secondary N) is 1. The van der Waals surface area contributed by atoms with E-state index in [4.69, 9.17) is 0 Å². The molecule has 0 bridgehead atoms. The van der Waals surface area contributed by atoms with Gasteiger partial charge in [0.25, 0.3) is 0 Å². The molecule has 3 aromatic rings. The summed E-state index contributed by atoms with van der Waals surface area (Å²) >= 11 is 1.25. The molecule has 0 unspecified atom stereocenters. The van der Waals surface area contributed by atoms with Gasteiger partial charge in [-0.3, -0.25) is 9.89 Å². The number of hydrogen-bond donors (Lipinski definition) is 1. The highest BCUT2D eigenvalue weighted by molar-refractivity contribution is 7.99. The predicted molar refractivity (Wildman–Crippen MR) is 99.6 cm³/mol. The lowest BCUT2D eigenvalue weighted by Gasteiger charge is -2.22. The van der Waals surface area contributed by atoms with Crippen LogP contribution in [-0.2, 0) is 11.2 Å². The molecule has 2 aromatic carbocycles. The number of aromatic amines is 1. The molecule has 1 aliphatic rings. The lowest BCUT2D eigenvalue weighted by atomic mass is 10.1. The van der Waals surface area contributed by atoms with Crippen LogP contribution in [0.5, 0.6) is 0 Å². The van der Waals surface area contributed by atoms with Crippen LogP contribution in [-0.4, -0.2) is 32.9 Å². The number of H-pyrrole nitrogens is 1. The van der Waals surface area contributed by atoms with Gasteiger partial charge in [0.15, 0.2) is 5.82 Å². The summed E-state index contributed by atoms with van der Waals surface area (Å²) in [4.78, 5) is 18.8. The minimum Gasteiger partial charge on any atom is -0.308 e. The van der Waals surface area contributed by atoms with Gasteiger partial charge in [-0.25, -0.2) is 9.37 Å². The Morgan fingerprint density at radius 3 is 2.88 bits per heavy atom. The van der Waals surface area contributed by atoms with Gasteiger partial charge in [0.05, 0.1) is 11.3 Å². The Labute approximate surface area is 154 Å². The number of aromatic nitrogens is 3. The van der Waals surface area contributed by atoms with Crippen LogP contribution in [0.2, 0.25) is 0 Å². The molecule has 1 aliphatic heterocycles. The van der Waals surface area contributed by atoms with Crippen molar-refractivity contribution in [2.24, 2.45) is 0 Å². The number of carbonyl (C=O) groups excluding carboxylic acids is 1. The molecule has 4 rings (SSSR count). The van der Waals surface area contributed by atoms with E-state index in [9.17, 15) is 9.18 Å². The molecule has 0 saturated heterocycles. The number of amides is 1. The first-order chi connectivity index (χ1) is 12.6. The Balaban J connectivity index is 1.45. The Morgan fingerprint density at radius 1 is 1.27 bits per heavy atom. The average molecular weight is 368 g/mol. The molecule has 0 fully saturated rings. The molecule has 132 valence electrons. The van der Waals surface area contributed by atoms with Gasteiger partial charge < -0.3 is 4.90 Å². The minimum atomic E-state index is -0.362. The van der Waals surface area contributed by atoms with E-state index in [1.54, 1.807) is 18.2 Å². The third-order valence-electron chi connectivity index (χ3n) is 4.39. The first kappa shape index (κ1) is 16.8. The molecular weight excluding hydrogens is 351 g/mol. The Kier molecular flexibility index (Phi) is 4.46. The van der Waals surface area contributed by atoms with E-state index >= 15 is 0 Å². The number of benzene rings is 2.